The van der Waals surface area contributed by atoms with Crippen molar-refractivity contribution in [3.8, 4) is 0 Å². The first-order valence-electron chi connectivity index (χ1n) is 6.78. The Kier molecular flexibility index (Phi) is 4.86. The first-order valence-corrected chi connectivity index (χ1v) is 8.27. The molecule has 2 atom stereocenters. The zero-order valence-corrected chi connectivity index (χ0v) is 12.3. The highest BCUT2D eigenvalue weighted by molar-refractivity contribution is 7.89. The fourth-order valence-electron chi connectivity index (χ4n) is 2.39. The van der Waals surface area contributed by atoms with Crippen LogP contribution in [0.1, 0.15) is 32.1 Å². The molecule has 0 amide bonds. The number of sulfonamides is 1. The van der Waals surface area contributed by atoms with Crippen LogP contribution in [0, 0.1) is 10.1 Å². The Balaban J connectivity index is 2.15. The van der Waals surface area contributed by atoms with Crippen LogP contribution in [-0.2, 0) is 10.0 Å². The van der Waals surface area contributed by atoms with Crippen molar-refractivity contribution in [2.24, 2.45) is 5.73 Å². The zero-order chi connectivity index (χ0) is 15.5. The SMILES string of the molecule is NC1CCCCCC1NS(=O)(=O)c1ccc([N+](=O)[O-])nc1. The van der Waals surface area contributed by atoms with E-state index in [1.807, 2.05) is 0 Å². The average molecular weight is 314 g/mol. The van der Waals surface area contributed by atoms with Crippen molar-refractivity contribution in [3.63, 3.8) is 0 Å². The van der Waals surface area contributed by atoms with Gasteiger partial charge in [-0.25, -0.2) is 13.1 Å². The van der Waals surface area contributed by atoms with Gasteiger partial charge in [0.1, 0.15) is 4.90 Å². The summed E-state index contributed by atoms with van der Waals surface area (Å²) in [6, 6.07) is 1.72. The van der Waals surface area contributed by atoms with Crippen LogP contribution >= 0.6 is 0 Å². The number of rotatable bonds is 4. The summed E-state index contributed by atoms with van der Waals surface area (Å²) < 4.78 is 27.1. The molecule has 2 rings (SSSR count). The molecule has 2 unspecified atom stereocenters. The van der Waals surface area contributed by atoms with Crippen LogP contribution in [0.25, 0.3) is 0 Å². The van der Waals surface area contributed by atoms with Crippen LogP contribution in [0.2, 0.25) is 0 Å². The van der Waals surface area contributed by atoms with Gasteiger partial charge in [-0.05, 0) is 28.8 Å². The second-order valence-electron chi connectivity index (χ2n) is 5.14. The van der Waals surface area contributed by atoms with Crippen LogP contribution < -0.4 is 10.5 Å². The minimum absolute atomic E-state index is 0.0930. The van der Waals surface area contributed by atoms with Gasteiger partial charge in [0.25, 0.3) is 0 Å². The molecule has 0 bridgehead atoms. The molecule has 1 fully saturated rings. The van der Waals surface area contributed by atoms with E-state index in [0.717, 1.165) is 37.9 Å². The Labute approximate surface area is 123 Å². The molecule has 21 heavy (non-hydrogen) atoms. The Bertz CT molecular complexity index is 602. The van der Waals surface area contributed by atoms with E-state index in [-0.39, 0.29) is 22.8 Å². The molecule has 0 saturated heterocycles. The molecule has 116 valence electrons. The topological polar surface area (TPSA) is 128 Å². The molecule has 1 heterocycles. The molecule has 3 N–H and O–H groups in total. The molecule has 1 aromatic rings. The highest BCUT2D eigenvalue weighted by Crippen LogP contribution is 2.19. The zero-order valence-electron chi connectivity index (χ0n) is 11.4. The van der Waals surface area contributed by atoms with Crippen LogP contribution in [0.5, 0.6) is 0 Å². The maximum atomic E-state index is 12.3. The Hall–Kier alpha value is -1.58. The van der Waals surface area contributed by atoms with E-state index >= 15 is 0 Å². The number of pyridine rings is 1. The van der Waals surface area contributed by atoms with Gasteiger partial charge in [0.15, 0.2) is 6.20 Å². The van der Waals surface area contributed by atoms with E-state index in [4.69, 9.17) is 5.73 Å². The lowest BCUT2D eigenvalue weighted by Gasteiger charge is -2.22. The summed E-state index contributed by atoms with van der Waals surface area (Å²) in [7, 11) is -3.77. The molecular formula is C12H18N4O4S. The molecule has 0 aromatic carbocycles. The fraction of sp³-hybridized carbons (Fsp3) is 0.583. The summed E-state index contributed by atoms with van der Waals surface area (Å²) in [4.78, 5) is 13.3. The van der Waals surface area contributed by atoms with Crippen molar-refractivity contribution in [2.75, 3.05) is 0 Å². The van der Waals surface area contributed by atoms with Gasteiger partial charge in [0.2, 0.25) is 10.0 Å². The van der Waals surface area contributed by atoms with Gasteiger partial charge >= 0.3 is 5.82 Å². The maximum Gasteiger partial charge on any atom is 0.363 e. The van der Waals surface area contributed by atoms with Crippen LogP contribution in [0.15, 0.2) is 23.2 Å². The minimum atomic E-state index is -3.77. The predicted molar refractivity (Wildman–Crippen MR) is 76.1 cm³/mol. The molecule has 0 spiro atoms. The third kappa shape index (κ3) is 3.96. The minimum Gasteiger partial charge on any atom is -0.358 e. The van der Waals surface area contributed by atoms with Gasteiger partial charge in [0, 0.05) is 18.2 Å². The number of nitrogens with zero attached hydrogens (tertiary/aromatic N) is 2. The Morgan fingerprint density at radius 3 is 2.62 bits per heavy atom. The molecule has 1 aliphatic rings. The second-order valence-corrected chi connectivity index (χ2v) is 6.85. The van der Waals surface area contributed by atoms with E-state index in [1.54, 1.807) is 0 Å². The van der Waals surface area contributed by atoms with Gasteiger partial charge in [0.05, 0.1) is 0 Å². The lowest BCUT2D eigenvalue weighted by Crippen LogP contribution is -2.46. The summed E-state index contributed by atoms with van der Waals surface area (Å²) in [6.45, 7) is 0. The van der Waals surface area contributed by atoms with Crippen molar-refractivity contribution in [1.29, 1.82) is 0 Å². The first kappa shape index (κ1) is 15.8. The third-order valence-corrected chi connectivity index (χ3v) is 5.07. The van der Waals surface area contributed by atoms with Crippen LogP contribution in [0.4, 0.5) is 5.82 Å². The largest absolute Gasteiger partial charge is 0.363 e. The molecule has 0 aliphatic heterocycles. The number of aromatic nitrogens is 1. The van der Waals surface area contributed by atoms with Crippen LogP contribution in [-0.4, -0.2) is 30.4 Å². The van der Waals surface area contributed by atoms with Gasteiger partial charge in [-0.3, -0.25) is 0 Å². The molecular weight excluding hydrogens is 296 g/mol. The molecule has 1 saturated carbocycles. The Morgan fingerprint density at radius 2 is 2.00 bits per heavy atom. The summed E-state index contributed by atoms with van der Waals surface area (Å²) in [5, 5.41) is 10.5. The molecule has 1 aliphatic carbocycles. The predicted octanol–water partition coefficient (Wildman–Crippen LogP) is 0.928. The molecule has 0 radical (unpaired) electrons. The second kappa shape index (κ2) is 6.46. The summed E-state index contributed by atoms with van der Waals surface area (Å²) >= 11 is 0. The van der Waals surface area contributed by atoms with Crippen molar-refractivity contribution in [1.82, 2.24) is 9.71 Å². The van der Waals surface area contributed by atoms with Crippen molar-refractivity contribution in [3.05, 3.63) is 28.4 Å². The van der Waals surface area contributed by atoms with E-state index < -0.39 is 14.9 Å². The molecule has 1 aromatic heterocycles. The lowest BCUT2D eigenvalue weighted by molar-refractivity contribution is -0.389. The van der Waals surface area contributed by atoms with E-state index in [1.165, 1.54) is 6.07 Å². The average Bonchev–Trinajstić information content (AvgIpc) is 2.64. The summed E-state index contributed by atoms with van der Waals surface area (Å²) in [5.41, 5.74) is 6.00. The highest BCUT2D eigenvalue weighted by atomic mass is 32.2. The van der Waals surface area contributed by atoms with Crippen molar-refractivity contribution < 1.29 is 13.3 Å². The van der Waals surface area contributed by atoms with E-state index in [9.17, 15) is 18.5 Å². The number of hydrogen-bond donors (Lipinski definition) is 2. The number of nitrogens with one attached hydrogen (secondary N) is 1. The monoisotopic (exact) mass is 314 g/mol. The number of nitro groups is 1. The maximum absolute atomic E-state index is 12.3. The quantitative estimate of drug-likeness (QED) is 0.483. The molecule has 8 nitrogen and oxygen atoms in total. The van der Waals surface area contributed by atoms with Gasteiger partial charge < -0.3 is 15.8 Å². The lowest BCUT2D eigenvalue weighted by atomic mass is 10.1. The van der Waals surface area contributed by atoms with E-state index in [2.05, 4.69) is 9.71 Å². The van der Waals surface area contributed by atoms with Gasteiger partial charge in [-0.2, -0.15) is 0 Å². The van der Waals surface area contributed by atoms with Crippen molar-refractivity contribution in [2.45, 2.75) is 49.1 Å². The third-order valence-electron chi connectivity index (χ3n) is 3.59. The normalized spacial score (nSPS) is 23.5. The fourth-order valence-corrected chi connectivity index (χ4v) is 3.66. The first-order chi connectivity index (χ1) is 9.90. The molecule has 9 heteroatoms. The number of nitrogens with two attached hydrogens (primary N) is 1. The smallest absolute Gasteiger partial charge is 0.358 e. The summed E-state index contributed by atoms with van der Waals surface area (Å²) in [5.74, 6) is -0.389. The highest BCUT2D eigenvalue weighted by Gasteiger charge is 2.27. The van der Waals surface area contributed by atoms with Crippen LogP contribution in [0.3, 0.4) is 0 Å². The standard InChI is InChI=1S/C12H18N4O4S/c13-10-4-2-1-3-5-11(10)15-21(19,20)9-6-7-12(14-8-9)16(17)18/h6-8,10-11,15H,1-5,13H2. The number of hydrogen-bond acceptors (Lipinski definition) is 6. The van der Waals surface area contributed by atoms with E-state index in [0.29, 0.717) is 6.42 Å². The van der Waals surface area contributed by atoms with Crippen molar-refractivity contribution >= 4 is 15.8 Å². The van der Waals surface area contributed by atoms with Gasteiger partial charge in [-0.1, -0.05) is 19.3 Å². The Morgan fingerprint density at radius 1 is 1.29 bits per heavy atom. The van der Waals surface area contributed by atoms with Gasteiger partial charge in [-0.15, -0.1) is 0 Å². The summed E-state index contributed by atoms with van der Waals surface area (Å²) in [6.07, 6.45) is 5.44.